The van der Waals surface area contributed by atoms with Gasteiger partial charge in [-0.25, -0.2) is 4.98 Å². The fourth-order valence-electron chi connectivity index (χ4n) is 4.36. The van der Waals surface area contributed by atoms with E-state index in [9.17, 15) is 0 Å². The fraction of sp³-hybridized carbons (Fsp3) is 0.478. The lowest BCUT2D eigenvalue weighted by atomic mass is 9.70. The summed E-state index contributed by atoms with van der Waals surface area (Å²) in [7, 11) is 2.08. The third-order valence-electron chi connectivity index (χ3n) is 5.93. The van der Waals surface area contributed by atoms with Crippen molar-refractivity contribution in [1.82, 2.24) is 14.5 Å². The van der Waals surface area contributed by atoms with Crippen LogP contribution in [0.15, 0.2) is 48.8 Å². The van der Waals surface area contributed by atoms with Gasteiger partial charge in [0.2, 0.25) is 0 Å². The van der Waals surface area contributed by atoms with Gasteiger partial charge in [-0.05, 0) is 43.7 Å². The summed E-state index contributed by atoms with van der Waals surface area (Å²) in [5, 5.41) is 1.17. The molecule has 0 radical (unpaired) electrons. The Hall–Kier alpha value is -2.20. The van der Waals surface area contributed by atoms with E-state index in [4.69, 9.17) is 9.72 Å². The predicted octanol–water partition coefficient (Wildman–Crippen LogP) is 5.41. The lowest BCUT2D eigenvalue weighted by Crippen LogP contribution is -2.35. The first-order valence-corrected chi connectivity index (χ1v) is 9.91. The topological polar surface area (TPSA) is 39.9 Å². The number of ether oxygens (including phenoxy) is 1. The molecule has 4 nitrogen and oxygen atoms in total. The van der Waals surface area contributed by atoms with Gasteiger partial charge in [0.05, 0.1) is 23.4 Å². The largest absolute Gasteiger partial charge is 0.368 e. The maximum absolute atomic E-state index is 6.60. The summed E-state index contributed by atoms with van der Waals surface area (Å²) >= 11 is 0. The monoisotopic (exact) mass is 363 g/mol. The maximum Gasteiger partial charge on any atom is 0.114 e. The molecule has 0 bridgehead atoms. The number of pyridine rings is 1. The van der Waals surface area contributed by atoms with E-state index in [0.29, 0.717) is 11.3 Å². The molecule has 0 N–H and O–H groups in total. The van der Waals surface area contributed by atoms with Crippen molar-refractivity contribution in [1.29, 1.82) is 0 Å². The van der Waals surface area contributed by atoms with E-state index in [1.54, 1.807) is 0 Å². The second-order valence-corrected chi connectivity index (χ2v) is 8.66. The van der Waals surface area contributed by atoms with Crippen molar-refractivity contribution in [3.63, 3.8) is 0 Å². The third-order valence-corrected chi connectivity index (χ3v) is 5.93. The zero-order valence-electron chi connectivity index (χ0n) is 16.7. The molecule has 2 aromatic heterocycles. The van der Waals surface area contributed by atoms with Crippen LogP contribution in [0.2, 0.25) is 0 Å². The zero-order chi connectivity index (χ0) is 19.0. The van der Waals surface area contributed by atoms with Gasteiger partial charge in [-0.15, -0.1) is 0 Å². The normalized spacial score (nSPS) is 23.4. The molecule has 1 aliphatic carbocycles. The van der Waals surface area contributed by atoms with Gasteiger partial charge < -0.3 is 9.30 Å². The quantitative estimate of drug-likeness (QED) is 0.622. The second-order valence-electron chi connectivity index (χ2n) is 8.66. The molecule has 0 amide bonds. The fourth-order valence-corrected chi connectivity index (χ4v) is 4.36. The molecule has 3 unspecified atom stereocenters. The van der Waals surface area contributed by atoms with E-state index < -0.39 is 0 Å². The number of aryl methyl sites for hydroxylation is 1. The summed E-state index contributed by atoms with van der Waals surface area (Å²) in [6.07, 6.45) is 7.38. The average molecular weight is 364 g/mol. The third kappa shape index (κ3) is 3.77. The standard InChI is InChI=1S/C23H29N3O/c1-16(19-10-9-17-7-5-6-8-20(17)25-19)27-21-11-12-23(2,3)15-18(21)22-24-13-14-26(22)4/h5-10,13-14,16,18,21H,11-12,15H2,1-4H3. The second kappa shape index (κ2) is 7.08. The molecule has 1 fully saturated rings. The molecule has 1 aliphatic rings. The van der Waals surface area contributed by atoms with Crippen molar-refractivity contribution in [3.8, 4) is 0 Å². The smallest absolute Gasteiger partial charge is 0.114 e. The number of aromatic nitrogens is 3. The van der Waals surface area contributed by atoms with Gasteiger partial charge in [0, 0.05) is 30.7 Å². The number of fused-ring (bicyclic) bond motifs is 1. The van der Waals surface area contributed by atoms with Crippen molar-refractivity contribution in [2.24, 2.45) is 12.5 Å². The van der Waals surface area contributed by atoms with E-state index in [1.165, 1.54) is 11.8 Å². The number of hydrogen-bond acceptors (Lipinski definition) is 3. The summed E-state index contributed by atoms with van der Waals surface area (Å²) in [6.45, 7) is 6.83. The summed E-state index contributed by atoms with van der Waals surface area (Å²) in [6, 6.07) is 12.5. The minimum atomic E-state index is -0.0383. The van der Waals surface area contributed by atoms with Crippen molar-refractivity contribution in [3.05, 3.63) is 60.3 Å². The molecule has 0 spiro atoms. The van der Waals surface area contributed by atoms with E-state index in [1.807, 2.05) is 24.5 Å². The van der Waals surface area contributed by atoms with E-state index in [-0.39, 0.29) is 12.2 Å². The van der Waals surface area contributed by atoms with Crippen LogP contribution in [0.4, 0.5) is 0 Å². The van der Waals surface area contributed by atoms with Crippen LogP contribution in [0.1, 0.15) is 63.6 Å². The Balaban J connectivity index is 1.57. The van der Waals surface area contributed by atoms with E-state index in [0.717, 1.165) is 29.9 Å². The van der Waals surface area contributed by atoms with Gasteiger partial charge in [0.15, 0.2) is 0 Å². The molecule has 4 rings (SSSR count). The lowest BCUT2D eigenvalue weighted by Gasteiger charge is -2.41. The molecule has 4 heteroatoms. The van der Waals surface area contributed by atoms with Gasteiger partial charge in [-0.1, -0.05) is 38.1 Å². The molecule has 3 atom stereocenters. The molecule has 142 valence electrons. The number of nitrogens with zero attached hydrogens (tertiary/aromatic N) is 3. The van der Waals surface area contributed by atoms with Crippen molar-refractivity contribution >= 4 is 10.9 Å². The summed E-state index contributed by atoms with van der Waals surface area (Å²) < 4.78 is 8.74. The Morgan fingerprint density at radius 2 is 2.00 bits per heavy atom. The molecular formula is C23H29N3O. The van der Waals surface area contributed by atoms with Crippen LogP contribution in [0.5, 0.6) is 0 Å². The molecule has 0 saturated heterocycles. The molecule has 0 aliphatic heterocycles. The summed E-state index contributed by atoms with van der Waals surface area (Å²) in [5.74, 6) is 1.45. The highest BCUT2D eigenvalue weighted by atomic mass is 16.5. The van der Waals surface area contributed by atoms with Crippen LogP contribution >= 0.6 is 0 Å². The van der Waals surface area contributed by atoms with Crippen molar-refractivity contribution in [2.45, 2.75) is 58.2 Å². The highest BCUT2D eigenvalue weighted by Crippen LogP contribution is 2.45. The van der Waals surface area contributed by atoms with Crippen LogP contribution in [-0.2, 0) is 11.8 Å². The summed E-state index contributed by atoms with van der Waals surface area (Å²) in [4.78, 5) is 9.47. The zero-order valence-corrected chi connectivity index (χ0v) is 16.7. The molecule has 1 saturated carbocycles. The van der Waals surface area contributed by atoms with E-state index in [2.05, 4.69) is 61.6 Å². The van der Waals surface area contributed by atoms with Gasteiger partial charge in [0.25, 0.3) is 0 Å². The van der Waals surface area contributed by atoms with Crippen LogP contribution in [0, 0.1) is 5.41 Å². The predicted molar refractivity (Wildman–Crippen MR) is 109 cm³/mol. The first-order valence-electron chi connectivity index (χ1n) is 9.91. The minimum Gasteiger partial charge on any atom is -0.368 e. The Labute approximate surface area is 161 Å². The summed E-state index contributed by atoms with van der Waals surface area (Å²) in [5.41, 5.74) is 2.34. The molecular weight excluding hydrogens is 334 g/mol. The number of imidazole rings is 1. The van der Waals surface area contributed by atoms with Crippen LogP contribution < -0.4 is 0 Å². The number of para-hydroxylation sites is 1. The van der Waals surface area contributed by atoms with E-state index >= 15 is 0 Å². The van der Waals surface area contributed by atoms with Crippen LogP contribution in [-0.4, -0.2) is 20.6 Å². The minimum absolute atomic E-state index is 0.0383. The highest BCUT2D eigenvalue weighted by Gasteiger charge is 2.39. The number of benzene rings is 1. The first kappa shape index (κ1) is 18.2. The molecule has 1 aromatic carbocycles. The first-order chi connectivity index (χ1) is 12.9. The lowest BCUT2D eigenvalue weighted by molar-refractivity contribution is -0.0563. The van der Waals surface area contributed by atoms with Crippen molar-refractivity contribution < 1.29 is 4.74 Å². The van der Waals surface area contributed by atoms with Crippen LogP contribution in [0.3, 0.4) is 0 Å². The number of hydrogen-bond donors (Lipinski definition) is 0. The Bertz CT molecular complexity index is 930. The van der Waals surface area contributed by atoms with Gasteiger partial charge in [0.1, 0.15) is 5.82 Å². The van der Waals surface area contributed by atoms with Crippen molar-refractivity contribution in [2.75, 3.05) is 0 Å². The SMILES string of the molecule is CC(OC1CCC(C)(C)CC1c1nccn1C)c1ccc2ccccc2n1. The Morgan fingerprint density at radius 3 is 2.78 bits per heavy atom. The van der Waals surface area contributed by atoms with Gasteiger partial charge in [-0.2, -0.15) is 0 Å². The van der Waals surface area contributed by atoms with Crippen LogP contribution in [0.25, 0.3) is 10.9 Å². The average Bonchev–Trinajstić information content (AvgIpc) is 3.08. The van der Waals surface area contributed by atoms with Gasteiger partial charge >= 0.3 is 0 Å². The molecule has 2 heterocycles. The Kier molecular flexibility index (Phi) is 4.77. The number of rotatable bonds is 4. The highest BCUT2D eigenvalue weighted by molar-refractivity contribution is 5.78. The molecule has 27 heavy (non-hydrogen) atoms. The maximum atomic E-state index is 6.60. The molecule has 3 aromatic rings. The Morgan fingerprint density at radius 1 is 1.19 bits per heavy atom. The van der Waals surface area contributed by atoms with Gasteiger partial charge in [-0.3, -0.25) is 4.98 Å².